The molecule has 1 unspecified atom stereocenters. The predicted octanol–water partition coefficient (Wildman–Crippen LogP) is 1.94. The number of ether oxygens (including phenoxy) is 1. The van der Waals surface area contributed by atoms with E-state index in [4.69, 9.17) is 4.74 Å². The average Bonchev–Trinajstić information content (AvgIpc) is 2.35. The van der Waals surface area contributed by atoms with E-state index in [1.165, 1.54) is 0 Å². The van der Waals surface area contributed by atoms with Crippen molar-refractivity contribution in [3.8, 4) is 5.75 Å². The third-order valence-electron chi connectivity index (χ3n) is 2.65. The molecule has 102 valence electrons. The van der Waals surface area contributed by atoms with E-state index in [1.807, 2.05) is 6.07 Å². The summed E-state index contributed by atoms with van der Waals surface area (Å²) in [4.78, 5) is 0. The predicted molar refractivity (Wildman–Crippen MR) is 71.5 cm³/mol. The lowest BCUT2D eigenvalue weighted by Crippen LogP contribution is -2.11. The summed E-state index contributed by atoms with van der Waals surface area (Å²) in [7, 11) is -2.92. The summed E-state index contributed by atoms with van der Waals surface area (Å²) in [5.41, 5.74) is 0.786. The monoisotopic (exact) mass is 272 g/mol. The third-order valence-corrected chi connectivity index (χ3v) is 4.44. The second kappa shape index (κ2) is 6.75. The fourth-order valence-corrected chi connectivity index (χ4v) is 2.32. The van der Waals surface area contributed by atoms with Gasteiger partial charge in [-0.1, -0.05) is 19.1 Å². The first-order chi connectivity index (χ1) is 8.44. The Balaban J connectivity index is 2.42. The quantitative estimate of drug-likeness (QED) is 0.770. The van der Waals surface area contributed by atoms with Crippen molar-refractivity contribution in [2.24, 2.45) is 0 Å². The van der Waals surface area contributed by atoms with E-state index < -0.39 is 15.9 Å². The second-order valence-electron chi connectivity index (χ2n) is 4.19. The molecule has 0 spiro atoms. The molecule has 1 rings (SSSR count). The molecule has 1 atom stereocenters. The van der Waals surface area contributed by atoms with E-state index in [0.717, 1.165) is 5.56 Å². The first-order valence-corrected chi connectivity index (χ1v) is 7.88. The Labute approximate surface area is 109 Å². The van der Waals surface area contributed by atoms with Gasteiger partial charge in [0, 0.05) is 5.75 Å². The smallest absolute Gasteiger partial charge is 0.150 e. The highest BCUT2D eigenvalue weighted by atomic mass is 32.2. The Bertz CT molecular complexity index is 466. The average molecular weight is 272 g/mol. The summed E-state index contributed by atoms with van der Waals surface area (Å²) < 4.78 is 28.0. The van der Waals surface area contributed by atoms with E-state index in [1.54, 1.807) is 32.0 Å². The molecule has 0 saturated heterocycles. The molecule has 0 amide bonds. The highest BCUT2D eigenvalue weighted by Gasteiger charge is 2.07. The number of sulfone groups is 1. The lowest BCUT2D eigenvalue weighted by atomic mass is 10.1. The Morgan fingerprint density at radius 2 is 2.11 bits per heavy atom. The Hall–Kier alpha value is -1.07. The minimum Gasteiger partial charge on any atom is -0.494 e. The molecule has 4 nitrogen and oxygen atoms in total. The molecule has 1 aromatic rings. The first kappa shape index (κ1) is 15.0. The maximum atomic E-state index is 11.3. The van der Waals surface area contributed by atoms with Gasteiger partial charge in [-0.05, 0) is 31.0 Å². The molecule has 0 aromatic heterocycles. The fraction of sp³-hybridized carbons (Fsp3) is 0.538. The largest absolute Gasteiger partial charge is 0.494 e. The summed E-state index contributed by atoms with van der Waals surface area (Å²) in [5.74, 6) is 0.978. The number of aliphatic hydroxyl groups is 1. The van der Waals surface area contributed by atoms with E-state index in [-0.39, 0.29) is 11.5 Å². The van der Waals surface area contributed by atoms with E-state index in [2.05, 4.69) is 0 Å². The number of hydrogen-bond donors (Lipinski definition) is 1. The van der Waals surface area contributed by atoms with Crippen molar-refractivity contribution in [1.82, 2.24) is 0 Å². The summed E-state index contributed by atoms with van der Waals surface area (Å²) in [6, 6.07) is 7.18. The standard InChI is InChI=1S/C13H20O4S/c1-3-18(15,16)9-5-8-17-13-7-4-6-12(10-13)11(2)14/h4,6-7,10-11,14H,3,5,8-9H2,1-2H3. The van der Waals surface area contributed by atoms with Crippen LogP contribution in [0.5, 0.6) is 5.75 Å². The summed E-state index contributed by atoms with van der Waals surface area (Å²) in [5, 5.41) is 9.42. The van der Waals surface area contributed by atoms with Gasteiger partial charge in [-0.3, -0.25) is 0 Å². The lowest BCUT2D eigenvalue weighted by Gasteiger charge is -2.09. The van der Waals surface area contributed by atoms with Crippen molar-refractivity contribution in [3.63, 3.8) is 0 Å². The van der Waals surface area contributed by atoms with Crippen LogP contribution in [0, 0.1) is 0 Å². The molecule has 0 aliphatic rings. The molecule has 0 heterocycles. The van der Waals surface area contributed by atoms with Crippen LogP contribution in [-0.4, -0.2) is 31.6 Å². The van der Waals surface area contributed by atoms with Gasteiger partial charge in [-0.25, -0.2) is 8.42 Å². The van der Waals surface area contributed by atoms with Crippen LogP contribution < -0.4 is 4.74 Å². The van der Waals surface area contributed by atoms with Crippen molar-refractivity contribution in [2.75, 3.05) is 18.1 Å². The van der Waals surface area contributed by atoms with Gasteiger partial charge in [0.1, 0.15) is 15.6 Å². The highest BCUT2D eigenvalue weighted by molar-refractivity contribution is 7.91. The molecule has 5 heteroatoms. The van der Waals surface area contributed by atoms with Crippen LogP contribution in [0.3, 0.4) is 0 Å². The Morgan fingerprint density at radius 3 is 2.72 bits per heavy atom. The van der Waals surface area contributed by atoms with Gasteiger partial charge in [0.05, 0.1) is 18.5 Å². The van der Waals surface area contributed by atoms with E-state index in [9.17, 15) is 13.5 Å². The van der Waals surface area contributed by atoms with Gasteiger partial charge in [-0.2, -0.15) is 0 Å². The third kappa shape index (κ3) is 5.06. The molecule has 18 heavy (non-hydrogen) atoms. The SMILES string of the molecule is CCS(=O)(=O)CCCOc1cccc(C(C)O)c1. The van der Waals surface area contributed by atoms with Crippen LogP contribution in [-0.2, 0) is 9.84 Å². The van der Waals surface area contributed by atoms with Crippen LogP contribution in [0.25, 0.3) is 0 Å². The molecule has 0 fully saturated rings. The van der Waals surface area contributed by atoms with Gasteiger partial charge in [0.2, 0.25) is 0 Å². The fourth-order valence-electron chi connectivity index (χ4n) is 1.48. The van der Waals surface area contributed by atoms with Crippen molar-refractivity contribution < 1.29 is 18.3 Å². The van der Waals surface area contributed by atoms with Crippen molar-refractivity contribution >= 4 is 9.84 Å². The van der Waals surface area contributed by atoms with Gasteiger partial charge in [-0.15, -0.1) is 0 Å². The Kier molecular flexibility index (Phi) is 5.62. The van der Waals surface area contributed by atoms with Crippen LogP contribution in [0.2, 0.25) is 0 Å². The van der Waals surface area contributed by atoms with E-state index >= 15 is 0 Å². The van der Waals surface area contributed by atoms with Gasteiger partial charge in [0.25, 0.3) is 0 Å². The van der Waals surface area contributed by atoms with Crippen LogP contribution >= 0.6 is 0 Å². The normalized spacial score (nSPS) is 13.3. The molecule has 0 aliphatic heterocycles. The molecule has 1 aromatic carbocycles. The zero-order valence-electron chi connectivity index (χ0n) is 10.8. The minimum atomic E-state index is -2.92. The molecular formula is C13H20O4S. The van der Waals surface area contributed by atoms with Crippen molar-refractivity contribution in [2.45, 2.75) is 26.4 Å². The second-order valence-corrected chi connectivity index (χ2v) is 6.66. The van der Waals surface area contributed by atoms with Gasteiger partial charge in [0.15, 0.2) is 0 Å². The number of hydrogen-bond acceptors (Lipinski definition) is 4. The molecule has 1 N–H and O–H groups in total. The minimum absolute atomic E-state index is 0.152. The first-order valence-electron chi connectivity index (χ1n) is 6.06. The zero-order valence-corrected chi connectivity index (χ0v) is 11.6. The van der Waals surface area contributed by atoms with Crippen molar-refractivity contribution in [1.29, 1.82) is 0 Å². The number of rotatable bonds is 7. The molecule has 0 bridgehead atoms. The molecule has 0 aliphatic carbocycles. The lowest BCUT2D eigenvalue weighted by molar-refractivity contribution is 0.198. The maximum absolute atomic E-state index is 11.3. The molecule has 0 radical (unpaired) electrons. The number of benzene rings is 1. The van der Waals surface area contributed by atoms with Gasteiger partial charge >= 0.3 is 0 Å². The zero-order chi connectivity index (χ0) is 13.6. The maximum Gasteiger partial charge on any atom is 0.150 e. The summed E-state index contributed by atoms with van der Waals surface area (Å²) in [6.07, 6.45) is -0.0521. The van der Waals surface area contributed by atoms with Crippen LogP contribution in [0.4, 0.5) is 0 Å². The van der Waals surface area contributed by atoms with Crippen molar-refractivity contribution in [3.05, 3.63) is 29.8 Å². The van der Waals surface area contributed by atoms with E-state index in [0.29, 0.717) is 18.8 Å². The topological polar surface area (TPSA) is 63.6 Å². The summed E-state index contributed by atoms with van der Waals surface area (Å²) >= 11 is 0. The number of aliphatic hydroxyl groups excluding tert-OH is 1. The molecular weight excluding hydrogens is 252 g/mol. The van der Waals surface area contributed by atoms with Crippen LogP contribution in [0.15, 0.2) is 24.3 Å². The summed E-state index contributed by atoms with van der Waals surface area (Å²) in [6.45, 7) is 3.69. The Morgan fingerprint density at radius 1 is 1.39 bits per heavy atom. The van der Waals surface area contributed by atoms with Crippen LogP contribution in [0.1, 0.15) is 31.9 Å². The van der Waals surface area contributed by atoms with Gasteiger partial charge < -0.3 is 9.84 Å². The molecule has 0 saturated carbocycles. The highest BCUT2D eigenvalue weighted by Crippen LogP contribution is 2.18.